The minimum Gasteiger partial charge on any atom is -0.391 e. The van der Waals surface area contributed by atoms with Crippen LogP contribution in [0.3, 0.4) is 0 Å². The Balaban J connectivity index is 2.40. The second-order valence-corrected chi connectivity index (χ2v) is 7.80. The summed E-state index contributed by atoms with van der Waals surface area (Å²) in [5, 5.41) is 0. The number of carbonyl (C=O) groups excluding carboxylic acids is 2. The molecular weight excluding hydrogens is 284 g/mol. The topological polar surface area (TPSA) is 63.4 Å². The molecule has 0 bridgehead atoms. The van der Waals surface area contributed by atoms with Gasteiger partial charge in [-0.25, -0.2) is 0 Å². The van der Waals surface area contributed by atoms with Crippen LogP contribution in [-0.2, 0) is 9.59 Å². The molecule has 0 aromatic carbocycles. The number of thiocarbonyl (C=S) groups is 1. The highest BCUT2D eigenvalue weighted by atomic mass is 32.1. The molecule has 2 fully saturated rings. The van der Waals surface area contributed by atoms with Gasteiger partial charge < -0.3 is 5.73 Å². The van der Waals surface area contributed by atoms with E-state index in [1.807, 2.05) is 20.8 Å². The van der Waals surface area contributed by atoms with Gasteiger partial charge in [-0.15, -0.1) is 0 Å². The second-order valence-electron chi connectivity index (χ2n) is 7.36. The summed E-state index contributed by atoms with van der Waals surface area (Å²) in [4.78, 5) is 27.3. The van der Waals surface area contributed by atoms with Crippen molar-refractivity contribution >= 4 is 29.0 Å². The van der Waals surface area contributed by atoms with Crippen LogP contribution in [0.25, 0.3) is 0 Å². The molecule has 2 rings (SSSR count). The molecule has 1 atom stereocenters. The number of likely N-dealkylation sites (tertiary alicyclic amines) is 1. The summed E-state index contributed by atoms with van der Waals surface area (Å²) < 4.78 is 0. The third kappa shape index (κ3) is 2.39. The van der Waals surface area contributed by atoms with Crippen molar-refractivity contribution in [3.05, 3.63) is 0 Å². The Bertz CT molecular complexity index is 481. The first-order chi connectivity index (χ1) is 9.65. The molecule has 2 amide bonds. The van der Waals surface area contributed by atoms with Crippen LogP contribution in [0.5, 0.6) is 0 Å². The molecule has 118 valence electrons. The summed E-state index contributed by atoms with van der Waals surface area (Å²) >= 11 is 5.28. The van der Waals surface area contributed by atoms with Crippen molar-refractivity contribution in [1.82, 2.24) is 4.90 Å². The first kappa shape index (κ1) is 16.4. The minimum atomic E-state index is -0.733. The van der Waals surface area contributed by atoms with Crippen LogP contribution >= 0.6 is 12.2 Å². The number of rotatable bonds is 3. The van der Waals surface area contributed by atoms with Crippen molar-refractivity contribution in [2.75, 3.05) is 0 Å². The summed E-state index contributed by atoms with van der Waals surface area (Å²) in [6.45, 7) is 8.06. The van der Waals surface area contributed by atoms with E-state index in [2.05, 4.69) is 6.92 Å². The van der Waals surface area contributed by atoms with E-state index >= 15 is 0 Å². The normalized spacial score (nSPS) is 37.4. The van der Waals surface area contributed by atoms with Gasteiger partial charge in [-0.3, -0.25) is 14.5 Å². The molecule has 1 aliphatic heterocycles. The van der Waals surface area contributed by atoms with E-state index in [0.717, 1.165) is 12.8 Å². The van der Waals surface area contributed by atoms with Crippen LogP contribution in [0.15, 0.2) is 0 Å². The third-order valence-electron chi connectivity index (χ3n) is 5.72. The van der Waals surface area contributed by atoms with Crippen molar-refractivity contribution in [2.24, 2.45) is 23.0 Å². The summed E-state index contributed by atoms with van der Waals surface area (Å²) in [7, 11) is 0. The smallest absolute Gasteiger partial charge is 0.236 e. The predicted octanol–water partition coefficient (Wildman–Crippen LogP) is 2.64. The third-order valence-corrected chi connectivity index (χ3v) is 6.10. The molecule has 1 aliphatic carbocycles. The van der Waals surface area contributed by atoms with E-state index in [1.165, 1.54) is 4.90 Å². The molecule has 1 saturated carbocycles. The molecule has 5 heteroatoms. The molecule has 2 aliphatic rings. The maximum Gasteiger partial charge on any atom is 0.236 e. The highest BCUT2D eigenvalue weighted by molar-refractivity contribution is 7.80. The number of imide groups is 1. The minimum absolute atomic E-state index is 0.0927. The van der Waals surface area contributed by atoms with E-state index in [1.54, 1.807) is 0 Å². The zero-order valence-corrected chi connectivity index (χ0v) is 14.3. The monoisotopic (exact) mass is 310 g/mol. The number of hydrogen-bond acceptors (Lipinski definition) is 3. The van der Waals surface area contributed by atoms with E-state index < -0.39 is 11.0 Å². The Kier molecular flexibility index (Phi) is 4.17. The van der Waals surface area contributed by atoms with Gasteiger partial charge in [0.15, 0.2) is 0 Å². The molecule has 1 saturated heterocycles. The molecule has 0 aromatic rings. The number of carbonyl (C=O) groups is 2. The van der Waals surface area contributed by atoms with Crippen LogP contribution < -0.4 is 5.73 Å². The molecule has 4 nitrogen and oxygen atoms in total. The zero-order valence-electron chi connectivity index (χ0n) is 13.4. The Morgan fingerprint density at radius 2 is 1.86 bits per heavy atom. The van der Waals surface area contributed by atoms with Gasteiger partial charge >= 0.3 is 0 Å². The fourth-order valence-electron chi connectivity index (χ4n) is 3.54. The van der Waals surface area contributed by atoms with Crippen LogP contribution in [0, 0.1) is 17.3 Å². The lowest BCUT2D eigenvalue weighted by molar-refractivity contribution is -0.148. The van der Waals surface area contributed by atoms with Crippen molar-refractivity contribution in [1.29, 1.82) is 0 Å². The molecule has 1 unspecified atom stereocenters. The van der Waals surface area contributed by atoms with Crippen LogP contribution in [0.4, 0.5) is 0 Å². The maximum absolute atomic E-state index is 13.0. The summed E-state index contributed by atoms with van der Waals surface area (Å²) in [6.07, 6.45) is 3.58. The van der Waals surface area contributed by atoms with Gasteiger partial charge in [0, 0.05) is 6.42 Å². The average molecular weight is 310 g/mol. The molecule has 1 heterocycles. The van der Waals surface area contributed by atoms with Crippen molar-refractivity contribution in [3.63, 3.8) is 0 Å². The standard InChI is InChI=1S/C16H26N2O2S/c1-10(2)15(4)9-12(19)18(14(15)20)16(13(17)21)7-5-11(3)6-8-16/h10-11H,5-9H2,1-4H3,(H2,17,21). The van der Waals surface area contributed by atoms with Crippen LogP contribution in [-0.4, -0.2) is 27.2 Å². The SMILES string of the molecule is CC1CCC(C(N)=S)(N2C(=O)CC(C)(C(C)C)C2=O)CC1. The van der Waals surface area contributed by atoms with Gasteiger partial charge in [-0.1, -0.05) is 33.0 Å². The highest BCUT2D eigenvalue weighted by Crippen LogP contribution is 2.46. The zero-order chi connectivity index (χ0) is 16.0. The first-order valence-electron chi connectivity index (χ1n) is 7.82. The lowest BCUT2D eigenvalue weighted by atomic mass is 9.74. The van der Waals surface area contributed by atoms with E-state index in [-0.39, 0.29) is 24.2 Å². The van der Waals surface area contributed by atoms with Gasteiger partial charge in [0.1, 0.15) is 5.54 Å². The van der Waals surface area contributed by atoms with Crippen LogP contribution in [0.1, 0.15) is 59.8 Å². The number of hydrogen-bond donors (Lipinski definition) is 1. The summed E-state index contributed by atoms with van der Waals surface area (Å²) in [6, 6.07) is 0. The maximum atomic E-state index is 13.0. The lowest BCUT2D eigenvalue weighted by Crippen LogP contribution is -2.61. The summed E-state index contributed by atoms with van der Waals surface area (Å²) in [5.74, 6) is 0.505. The fraction of sp³-hybridized carbons (Fsp3) is 0.812. The van der Waals surface area contributed by atoms with E-state index in [9.17, 15) is 9.59 Å². The Labute approximate surface area is 132 Å². The quantitative estimate of drug-likeness (QED) is 0.643. The molecule has 0 aromatic heterocycles. The molecular formula is C16H26N2O2S. The van der Waals surface area contributed by atoms with E-state index in [4.69, 9.17) is 18.0 Å². The van der Waals surface area contributed by atoms with Gasteiger partial charge in [0.05, 0.1) is 10.4 Å². The number of nitrogens with two attached hydrogens (primary N) is 1. The van der Waals surface area contributed by atoms with Crippen molar-refractivity contribution in [2.45, 2.75) is 65.3 Å². The molecule has 0 spiro atoms. The van der Waals surface area contributed by atoms with Crippen molar-refractivity contribution < 1.29 is 9.59 Å². The largest absolute Gasteiger partial charge is 0.391 e. The van der Waals surface area contributed by atoms with Gasteiger partial charge in [0.25, 0.3) is 0 Å². The Hall–Kier alpha value is -0.970. The number of nitrogens with zero attached hydrogens (tertiary/aromatic N) is 1. The lowest BCUT2D eigenvalue weighted by Gasteiger charge is -2.44. The number of amides is 2. The Morgan fingerprint density at radius 3 is 2.24 bits per heavy atom. The van der Waals surface area contributed by atoms with Gasteiger partial charge in [0.2, 0.25) is 11.8 Å². The van der Waals surface area contributed by atoms with Gasteiger partial charge in [-0.05, 0) is 44.4 Å². The van der Waals surface area contributed by atoms with Crippen LogP contribution in [0.2, 0.25) is 0 Å². The highest BCUT2D eigenvalue weighted by Gasteiger charge is 2.58. The predicted molar refractivity (Wildman–Crippen MR) is 86.6 cm³/mol. The Morgan fingerprint density at radius 1 is 1.33 bits per heavy atom. The van der Waals surface area contributed by atoms with Crippen molar-refractivity contribution in [3.8, 4) is 0 Å². The fourth-order valence-corrected chi connectivity index (χ4v) is 3.84. The molecule has 2 N–H and O–H groups in total. The summed E-state index contributed by atoms with van der Waals surface area (Å²) in [5.41, 5.74) is 4.64. The first-order valence-corrected chi connectivity index (χ1v) is 8.23. The van der Waals surface area contributed by atoms with Gasteiger partial charge in [-0.2, -0.15) is 0 Å². The average Bonchev–Trinajstić information content (AvgIpc) is 2.63. The second kappa shape index (κ2) is 5.34. The van der Waals surface area contributed by atoms with E-state index in [0.29, 0.717) is 23.7 Å². The molecule has 0 radical (unpaired) electrons. The molecule has 21 heavy (non-hydrogen) atoms.